The second-order valence-electron chi connectivity index (χ2n) is 4.13. The highest BCUT2D eigenvalue weighted by molar-refractivity contribution is 5.92. The van der Waals surface area contributed by atoms with Crippen LogP contribution < -0.4 is 15.2 Å². The minimum absolute atomic E-state index is 0.363. The largest absolute Gasteiger partial charge is 0.493 e. The van der Waals surface area contributed by atoms with Gasteiger partial charge in [0, 0.05) is 11.5 Å². The maximum Gasteiger partial charge on any atom is 0.198 e. The average Bonchev–Trinajstić information content (AvgIpc) is 3.00. The number of benzene rings is 1. The van der Waals surface area contributed by atoms with Crippen molar-refractivity contribution < 1.29 is 13.9 Å². The number of methoxy groups -OCH3 is 2. The summed E-state index contributed by atoms with van der Waals surface area (Å²) in [4.78, 5) is 8.69. The van der Waals surface area contributed by atoms with Crippen LogP contribution in [-0.2, 0) is 0 Å². The zero-order chi connectivity index (χ0) is 14.1. The summed E-state index contributed by atoms with van der Waals surface area (Å²) in [6, 6.07) is 7.07. The molecule has 6 nitrogen and oxygen atoms in total. The third-order valence-electron chi connectivity index (χ3n) is 2.97. The molecule has 0 radical (unpaired) electrons. The Hall–Kier alpha value is -2.76. The van der Waals surface area contributed by atoms with Crippen LogP contribution in [-0.4, -0.2) is 24.2 Å². The number of hydrogen-bond donors (Lipinski definition) is 1. The highest BCUT2D eigenvalue weighted by Crippen LogP contribution is 2.34. The van der Waals surface area contributed by atoms with Crippen molar-refractivity contribution in [3.05, 3.63) is 30.5 Å². The molecule has 0 saturated heterocycles. The predicted octanol–water partition coefficient (Wildman–Crippen LogP) is 2.49. The van der Waals surface area contributed by atoms with Crippen LogP contribution in [0.25, 0.3) is 22.5 Å². The van der Waals surface area contributed by atoms with Crippen molar-refractivity contribution in [3.63, 3.8) is 0 Å². The standard InChI is InChI=1S/C14H13N3O3/c1-18-11-6-8-9(7-12(11)19-2)16-14(17-13(8)15)10-4-3-5-20-10/h3-7H,1-2H3,(H2,15,16,17). The minimum Gasteiger partial charge on any atom is -0.493 e. The number of nitrogens with two attached hydrogens (primary N) is 1. The van der Waals surface area contributed by atoms with Gasteiger partial charge in [-0.2, -0.15) is 0 Å². The topological polar surface area (TPSA) is 83.4 Å². The molecule has 2 heterocycles. The van der Waals surface area contributed by atoms with Crippen LogP contribution in [0.1, 0.15) is 0 Å². The molecule has 3 aromatic rings. The fourth-order valence-electron chi connectivity index (χ4n) is 2.00. The molecule has 2 aromatic heterocycles. The Morgan fingerprint density at radius 3 is 2.50 bits per heavy atom. The molecule has 0 fully saturated rings. The van der Waals surface area contributed by atoms with E-state index in [2.05, 4.69) is 9.97 Å². The first-order valence-electron chi connectivity index (χ1n) is 5.96. The molecular formula is C14H13N3O3. The molecule has 0 aliphatic rings. The summed E-state index contributed by atoms with van der Waals surface area (Å²) in [5.41, 5.74) is 6.66. The van der Waals surface area contributed by atoms with Crippen molar-refractivity contribution in [2.75, 3.05) is 20.0 Å². The van der Waals surface area contributed by atoms with Gasteiger partial charge in [-0.05, 0) is 18.2 Å². The van der Waals surface area contributed by atoms with E-state index in [-0.39, 0.29) is 0 Å². The molecule has 0 aliphatic heterocycles. The van der Waals surface area contributed by atoms with Crippen LogP contribution in [0.3, 0.4) is 0 Å². The molecule has 3 rings (SSSR count). The first-order valence-corrected chi connectivity index (χ1v) is 5.96. The monoisotopic (exact) mass is 271 g/mol. The molecular weight excluding hydrogens is 258 g/mol. The fraction of sp³-hybridized carbons (Fsp3) is 0.143. The molecule has 1 aromatic carbocycles. The normalized spacial score (nSPS) is 10.7. The van der Waals surface area contributed by atoms with Crippen molar-refractivity contribution in [2.24, 2.45) is 0 Å². The van der Waals surface area contributed by atoms with Crippen LogP contribution in [0.15, 0.2) is 34.9 Å². The quantitative estimate of drug-likeness (QED) is 0.788. The molecule has 0 unspecified atom stereocenters. The maximum absolute atomic E-state index is 5.99. The van der Waals surface area contributed by atoms with Gasteiger partial charge in [-0.1, -0.05) is 0 Å². The van der Waals surface area contributed by atoms with E-state index in [9.17, 15) is 0 Å². The summed E-state index contributed by atoms with van der Waals surface area (Å²) < 4.78 is 15.8. The Morgan fingerprint density at radius 2 is 1.85 bits per heavy atom. The molecule has 0 atom stereocenters. The van der Waals surface area contributed by atoms with Gasteiger partial charge in [0.25, 0.3) is 0 Å². The summed E-state index contributed by atoms with van der Waals surface area (Å²) in [5.74, 6) is 2.53. The molecule has 0 spiro atoms. The van der Waals surface area contributed by atoms with Gasteiger partial charge in [-0.25, -0.2) is 9.97 Å². The molecule has 102 valence electrons. The highest BCUT2D eigenvalue weighted by Gasteiger charge is 2.13. The van der Waals surface area contributed by atoms with Gasteiger partial charge in [0.05, 0.1) is 26.0 Å². The van der Waals surface area contributed by atoms with E-state index >= 15 is 0 Å². The molecule has 0 amide bonds. The highest BCUT2D eigenvalue weighted by atomic mass is 16.5. The number of fused-ring (bicyclic) bond motifs is 1. The lowest BCUT2D eigenvalue weighted by molar-refractivity contribution is 0.356. The van der Waals surface area contributed by atoms with Crippen LogP contribution in [0.4, 0.5) is 5.82 Å². The Kier molecular flexibility index (Phi) is 2.90. The first-order chi connectivity index (χ1) is 9.72. The van der Waals surface area contributed by atoms with Crippen LogP contribution in [0.2, 0.25) is 0 Å². The number of nitrogens with zero attached hydrogens (tertiary/aromatic N) is 2. The molecule has 0 bridgehead atoms. The first kappa shape index (κ1) is 12.3. The van der Waals surface area contributed by atoms with E-state index in [1.807, 2.05) is 0 Å². The third-order valence-corrected chi connectivity index (χ3v) is 2.97. The Labute approximate surface area is 115 Å². The number of furan rings is 1. The van der Waals surface area contributed by atoms with E-state index in [0.29, 0.717) is 39.8 Å². The smallest absolute Gasteiger partial charge is 0.198 e. The second kappa shape index (κ2) is 4.73. The lowest BCUT2D eigenvalue weighted by Gasteiger charge is -2.10. The maximum atomic E-state index is 5.99. The molecule has 20 heavy (non-hydrogen) atoms. The van der Waals surface area contributed by atoms with Gasteiger partial charge in [0.2, 0.25) is 0 Å². The summed E-state index contributed by atoms with van der Waals surface area (Å²) >= 11 is 0. The zero-order valence-corrected chi connectivity index (χ0v) is 11.1. The van der Waals surface area contributed by atoms with E-state index in [4.69, 9.17) is 19.6 Å². The van der Waals surface area contributed by atoms with E-state index in [1.54, 1.807) is 44.7 Å². The minimum atomic E-state index is 0.363. The third kappa shape index (κ3) is 1.91. The van der Waals surface area contributed by atoms with Crippen LogP contribution >= 0.6 is 0 Å². The summed E-state index contributed by atoms with van der Waals surface area (Å²) in [7, 11) is 3.14. The number of anilines is 1. The van der Waals surface area contributed by atoms with Crippen LogP contribution in [0.5, 0.6) is 11.5 Å². The molecule has 2 N–H and O–H groups in total. The fourth-order valence-corrected chi connectivity index (χ4v) is 2.00. The van der Waals surface area contributed by atoms with Gasteiger partial charge < -0.3 is 19.6 Å². The summed E-state index contributed by atoms with van der Waals surface area (Å²) in [5, 5.41) is 0.706. The number of ether oxygens (including phenoxy) is 2. The number of nitrogen functional groups attached to an aromatic ring is 1. The SMILES string of the molecule is COc1cc2nc(-c3ccco3)nc(N)c2cc1OC. The van der Waals surface area contributed by atoms with E-state index in [0.717, 1.165) is 0 Å². The van der Waals surface area contributed by atoms with Gasteiger partial charge >= 0.3 is 0 Å². The predicted molar refractivity (Wildman–Crippen MR) is 74.8 cm³/mol. The lowest BCUT2D eigenvalue weighted by atomic mass is 10.2. The van der Waals surface area contributed by atoms with Crippen molar-refractivity contribution in [1.82, 2.24) is 9.97 Å². The van der Waals surface area contributed by atoms with Crippen molar-refractivity contribution >= 4 is 16.7 Å². The Morgan fingerprint density at radius 1 is 1.10 bits per heavy atom. The lowest BCUT2D eigenvalue weighted by Crippen LogP contribution is -1.99. The van der Waals surface area contributed by atoms with Crippen molar-refractivity contribution in [1.29, 1.82) is 0 Å². The second-order valence-corrected chi connectivity index (χ2v) is 4.13. The average molecular weight is 271 g/mol. The van der Waals surface area contributed by atoms with Gasteiger partial charge in [0.15, 0.2) is 23.1 Å². The summed E-state index contributed by atoms with van der Waals surface area (Å²) in [6.07, 6.45) is 1.56. The van der Waals surface area contributed by atoms with Gasteiger partial charge in [0.1, 0.15) is 5.82 Å². The Bertz CT molecular complexity index is 754. The zero-order valence-electron chi connectivity index (χ0n) is 11.1. The number of aromatic nitrogens is 2. The van der Waals surface area contributed by atoms with Crippen molar-refractivity contribution in [3.8, 4) is 23.1 Å². The summed E-state index contributed by atoms with van der Waals surface area (Å²) in [6.45, 7) is 0. The van der Waals surface area contributed by atoms with Crippen molar-refractivity contribution in [2.45, 2.75) is 0 Å². The number of hydrogen-bond acceptors (Lipinski definition) is 6. The van der Waals surface area contributed by atoms with Gasteiger partial charge in [-0.3, -0.25) is 0 Å². The van der Waals surface area contributed by atoms with E-state index < -0.39 is 0 Å². The molecule has 0 aliphatic carbocycles. The molecule has 0 saturated carbocycles. The number of rotatable bonds is 3. The molecule has 6 heteroatoms. The van der Waals surface area contributed by atoms with Crippen LogP contribution in [0, 0.1) is 0 Å². The van der Waals surface area contributed by atoms with Gasteiger partial charge in [-0.15, -0.1) is 0 Å². The Balaban J connectivity index is 2.25. The van der Waals surface area contributed by atoms with E-state index in [1.165, 1.54) is 0 Å².